The summed E-state index contributed by atoms with van der Waals surface area (Å²) in [5, 5.41) is 0. The van der Waals surface area contributed by atoms with Crippen molar-refractivity contribution in [1.29, 1.82) is 0 Å². The van der Waals surface area contributed by atoms with Crippen LogP contribution in [0.3, 0.4) is 0 Å². The molecule has 0 spiro atoms. The number of anilines is 1. The topological polar surface area (TPSA) is 61.5 Å². The Hall–Kier alpha value is -1.83. The molecule has 0 atom stereocenters. The van der Waals surface area contributed by atoms with Crippen molar-refractivity contribution in [3.63, 3.8) is 0 Å². The van der Waals surface area contributed by atoms with Gasteiger partial charge in [0.2, 0.25) is 0 Å². The normalized spacial score (nSPS) is 11.7. The van der Waals surface area contributed by atoms with Crippen molar-refractivity contribution in [2.75, 3.05) is 19.5 Å². The van der Waals surface area contributed by atoms with Gasteiger partial charge in [-0.05, 0) is 11.6 Å². The Morgan fingerprint density at radius 3 is 2.60 bits per heavy atom. The molecule has 1 rings (SSSR count). The molecule has 0 bridgehead atoms. The number of esters is 1. The summed E-state index contributed by atoms with van der Waals surface area (Å²) >= 11 is 0. The summed E-state index contributed by atoms with van der Waals surface area (Å²) in [6.07, 6.45) is -3.82. The maximum absolute atomic E-state index is 12.7. The molecular formula is C12H13F4NO3. The zero-order valence-corrected chi connectivity index (χ0v) is 10.5. The molecule has 20 heavy (non-hydrogen) atoms. The summed E-state index contributed by atoms with van der Waals surface area (Å²) < 4.78 is 58.2. The van der Waals surface area contributed by atoms with Gasteiger partial charge in [-0.2, -0.15) is 8.78 Å². The fourth-order valence-electron chi connectivity index (χ4n) is 1.45. The number of nitrogens with two attached hydrogens (primary N) is 1. The summed E-state index contributed by atoms with van der Waals surface area (Å²) in [6.45, 7) is -1.92. The molecule has 1 aromatic rings. The molecule has 0 fully saturated rings. The molecule has 0 aliphatic rings. The van der Waals surface area contributed by atoms with E-state index in [0.717, 1.165) is 7.11 Å². The first kappa shape index (κ1) is 16.2. The number of nitrogen functional groups attached to an aromatic ring is 1. The van der Waals surface area contributed by atoms with E-state index in [9.17, 15) is 22.4 Å². The van der Waals surface area contributed by atoms with Gasteiger partial charge >= 0.3 is 18.3 Å². The molecule has 0 aliphatic carbocycles. The third-order valence-corrected chi connectivity index (χ3v) is 2.44. The van der Waals surface area contributed by atoms with E-state index in [1.807, 2.05) is 0 Å². The lowest BCUT2D eigenvalue weighted by atomic mass is 10.1. The Morgan fingerprint density at radius 2 is 2.05 bits per heavy atom. The second kappa shape index (κ2) is 6.56. The van der Waals surface area contributed by atoms with Gasteiger partial charge < -0.3 is 15.2 Å². The van der Waals surface area contributed by atoms with Crippen molar-refractivity contribution in [1.82, 2.24) is 0 Å². The van der Waals surface area contributed by atoms with Crippen LogP contribution in [0.5, 0.6) is 0 Å². The maximum Gasteiger partial charge on any atom is 0.340 e. The van der Waals surface area contributed by atoms with Gasteiger partial charge in [0.25, 0.3) is 0 Å². The summed E-state index contributed by atoms with van der Waals surface area (Å²) in [7, 11) is 1.13. The molecule has 0 heterocycles. The molecule has 1 aromatic carbocycles. The molecule has 4 nitrogen and oxygen atoms in total. The lowest BCUT2D eigenvalue weighted by Crippen LogP contribution is -2.32. The number of rotatable bonds is 6. The summed E-state index contributed by atoms with van der Waals surface area (Å²) in [5.41, 5.74) is 5.81. The minimum Gasteiger partial charge on any atom is -0.465 e. The average Bonchev–Trinajstić information content (AvgIpc) is 2.37. The predicted molar refractivity (Wildman–Crippen MR) is 62.8 cm³/mol. The van der Waals surface area contributed by atoms with E-state index in [4.69, 9.17) is 5.73 Å². The first-order valence-corrected chi connectivity index (χ1v) is 5.49. The minimum atomic E-state index is -4.24. The lowest BCUT2D eigenvalue weighted by Gasteiger charge is -2.16. The number of hydrogen-bond donors (Lipinski definition) is 1. The van der Waals surface area contributed by atoms with Gasteiger partial charge in [0.05, 0.1) is 19.3 Å². The highest BCUT2D eigenvalue weighted by Crippen LogP contribution is 2.24. The van der Waals surface area contributed by atoms with Crippen LogP contribution in [0.4, 0.5) is 23.2 Å². The highest BCUT2D eigenvalue weighted by Gasteiger charge is 2.41. The number of carbonyl (C=O) groups is 1. The van der Waals surface area contributed by atoms with Gasteiger partial charge in [-0.25, -0.2) is 13.6 Å². The number of alkyl halides is 4. The SMILES string of the molecule is COC(=O)c1c(N)cccc1COCC(F)(F)C(F)F. The lowest BCUT2D eigenvalue weighted by molar-refractivity contribution is -0.168. The van der Waals surface area contributed by atoms with E-state index in [-0.39, 0.29) is 16.8 Å². The number of methoxy groups -OCH3 is 1. The van der Waals surface area contributed by atoms with Crippen LogP contribution < -0.4 is 5.73 Å². The maximum atomic E-state index is 12.7. The molecule has 112 valence electrons. The van der Waals surface area contributed by atoms with Crippen molar-refractivity contribution in [2.24, 2.45) is 0 Å². The fourth-order valence-corrected chi connectivity index (χ4v) is 1.45. The smallest absolute Gasteiger partial charge is 0.340 e. The largest absolute Gasteiger partial charge is 0.465 e. The Kier molecular flexibility index (Phi) is 5.32. The van der Waals surface area contributed by atoms with Gasteiger partial charge in [-0.3, -0.25) is 0 Å². The van der Waals surface area contributed by atoms with Crippen LogP contribution in [0.25, 0.3) is 0 Å². The second-order valence-electron chi connectivity index (χ2n) is 3.93. The number of carbonyl (C=O) groups excluding carboxylic acids is 1. The van der Waals surface area contributed by atoms with Gasteiger partial charge in [-0.1, -0.05) is 12.1 Å². The van der Waals surface area contributed by atoms with Crippen molar-refractivity contribution in [3.05, 3.63) is 29.3 Å². The number of benzene rings is 1. The number of hydrogen-bond acceptors (Lipinski definition) is 4. The average molecular weight is 295 g/mol. The molecule has 0 unspecified atom stereocenters. The van der Waals surface area contributed by atoms with Gasteiger partial charge in [0.15, 0.2) is 0 Å². The Bertz CT molecular complexity index is 480. The first-order chi connectivity index (χ1) is 9.29. The van der Waals surface area contributed by atoms with E-state index >= 15 is 0 Å². The fraction of sp³-hybridized carbons (Fsp3) is 0.417. The molecule has 0 aromatic heterocycles. The minimum absolute atomic E-state index is 0.0321. The third-order valence-electron chi connectivity index (χ3n) is 2.44. The van der Waals surface area contributed by atoms with Crippen molar-refractivity contribution >= 4 is 11.7 Å². The van der Waals surface area contributed by atoms with Crippen LogP contribution in [-0.4, -0.2) is 32.0 Å². The van der Waals surface area contributed by atoms with E-state index < -0.39 is 31.5 Å². The summed E-state index contributed by atoms with van der Waals surface area (Å²) in [5.74, 6) is -5.01. The highest BCUT2D eigenvalue weighted by atomic mass is 19.3. The Balaban J connectivity index is 2.79. The summed E-state index contributed by atoms with van der Waals surface area (Å²) in [6, 6.07) is 4.30. The zero-order chi connectivity index (χ0) is 15.3. The van der Waals surface area contributed by atoms with Gasteiger partial charge in [-0.15, -0.1) is 0 Å². The Morgan fingerprint density at radius 1 is 1.40 bits per heavy atom. The molecule has 0 radical (unpaired) electrons. The van der Waals surface area contributed by atoms with Crippen LogP contribution in [-0.2, 0) is 16.1 Å². The quantitative estimate of drug-likeness (QED) is 0.497. The summed E-state index contributed by atoms with van der Waals surface area (Å²) in [4.78, 5) is 11.5. The van der Waals surface area contributed by atoms with Gasteiger partial charge in [0.1, 0.15) is 6.61 Å². The molecule has 0 saturated heterocycles. The molecular weight excluding hydrogens is 282 g/mol. The van der Waals surface area contributed by atoms with Crippen LogP contribution in [0.1, 0.15) is 15.9 Å². The molecule has 0 saturated carbocycles. The van der Waals surface area contributed by atoms with E-state index in [1.165, 1.54) is 18.2 Å². The van der Waals surface area contributed by atoms with Crippen LogP contribution in [0.2, 0.25) is 0 Å². The highest BCUT2D eigenvalue weighted by molar-refractivity contribution is 5.96. The van der Waals surface area contributed by atoms with E-state index in [1.54, 1.807) is 0 Å². The third kappa shape index (κ3) is 3.83. The predicted octanol–water partition coefficient (Wildman–Crippen LogP) is 2.47. The van der Waals surface area contributed by atoms with Crippen LogP contribution in [0, 0.1) is 0 Å². The monoisotopic (exact) mass is 295 g/mol. The Labute approximate surface area is 112 Å². The van der Waals surface area contributed by atoms with Crippen molar-refractivity contribution in [3.8, 4) is 0 Å². The second-order valence-corrected chi connectivity index (χ2v) is 3.93. The van der Waals surface area contributed by atoms with Crippen LogP contribution in [0.15, 0.2) is 18.2 Å². The van der Waals surface area contributed by atoms with E-state index in [0.29, 0.717) is 0 Å². The number of ether oxygens (including phenoxy) is 2. The van der Waals surface area contributed by atoms with Crippen LogP contribution >= 0.6 is 0 Å². The molecule has 0 amide bonds. The zero-order valence-electron chi connectivity index (χ0n) is 10.5. The first-order valence-electron chi connectivity index (χ1n) is 5.49. The van der Waals surface area contributed by atoms with Crippen molar-refractivity contribution < 1.29 is 31.8 Å². The standard InChI is InChI=1S/C12H13F4NO3/c1-19-10(18)9-7(3-2-4-8(9)17)5-20-6-12(15,16)11(13)14/h2-4,11H,5-6,17H2,1H3. The number of halogens is 4. The van der Waals surface area contributed by atoms with E-state index in [2.05, 4.69) is 9.47 Å². The van der Waals surface area contributed by atoms with Crippen molar-refractivity contribution in [2.45, 2.75) is 19.0 Å². The molecule has 0 aliphatic heterocycles. The molecule has 2 N–H and O–H groups in total. The molecule has 8 heteroatoms. The van der Waals surface area contributed by atoms with Gasteiger partial charge in [0, 0.05) is 5.69 Å².